The molecular formula is C44H28N6. The van der Waals surface area contributed by atoms with Gasteiger partial charge in [0.1, 0.15) is 5.69 Å². The lowest BCUT2D eigenvalue weighted by Gasteiger charge is -2.13. The van der Waals surface area contributed by atoms with E-state index in [0.29, 0.717) is 17.5 Å². The van der Waals surface area contributed by atoms with E-state index in [1.54, 1.807) is 0 Å². The zero-order valence-electron chi connectivity index (χ0n) is 26.8. The van der Waals surface area contributed by atoms with Crippen LogP contribution >= 0.6 is 0 Å². The maximum atomic E-state index is 5.38. The third-order valence-electron chi connectivity index (χ3n) is 9.41. The molecule has 0 bridgehead atoms. The Balaban J connectivity index is 1.28. The Morgan fingerprint density at radius 1 is 0.420 bits per heavy atom. The van der Waals surface area contributed by atoms with Crippen molar-refractivity contribution in [3.05, 3.63) is 170 Å². The van der Waals surface area contributed by atoms with E-state index < -0.39 is 0 Å². The lowest BCUT2D eigenvalue weighted by atomic mass is 10.1. The fourth-order valence-electron chi connectivity index (χ4n) is 7.10. The minimum absolute atomic E-state index is 0.547. The van der Waals surface area contributed by atoms with Gasteiger partial charge in [0.25, 0.3) is 0 Å². The van der Waals surface area contributed by atoms with Crippen molar-refractivity contribution in [3.8, 4) is 45.7 Å². The summed E-state index contributed by atoms with van der Waals surface area (Å²) in [5.74, 6) is 1.12. The van der Waals surface area contributed by atoms with Crippen LogP contribution in [0, 0.1) is 0 Å². The van der Waals surface area contributed by atoms with Crippen molar-refractivity contribution in [2.45, 2.75) is 0 Å². The van der Waals surface area contributed by atoms with Crippen LogP contribution in [0.2, 0.25) is 0 Å². The van der Waals surface area contributed by atoms with Gasteiger partial charge in [-0.25, -0.2) is 19.9 Å². The topological polar surface area (TPSA) is 61.4 Å². The summed E-state index contributed by atoms with van der Waals surface area (Å²) in [6, 6.07) is 56.2. The molecule has 0 aliphatic rings. The van der Waals surface area contributed by atoms with E-state index in [-0.39, 0.29) is 0 Å². The fourth-order valence-corrected chi connectivity index (χ4v) is 7.10. The van der Waals surface area contributed by atoms with Crippen molar-refractivity contribution < 1.29 is 0 Å². The average Bonchev–Trinajstić information content (AvgIpc) is 3.78. The summed E-state index contributed by atoms with van der Waals surface area (Å²) < 4.78 is 4.44. The lowest BCUT2D eigenvalue weighted by Crippen LogP contribution is -2.05. The molecule has 6 nitrogen and oxygen atoms in total. The van der Waals surface area contributed by atoms with Gasteiger partial charge in [0.15, 0.2) is 5.82 Å². The second kappa shape index (κ2) is 11.4. The molecule has 0 aliphatic carbocycles. The van der Waals surface area contributed by atoms with Gasteiger partial charge in [0.2, 0.25) is 5.95 Å². The van der Waals surface area contributed by atoms with E-state index in [4.69, 9.17) is 19.9 Å². The second-order valence-corrected chi connectivity index (χ2v) is 12.4. The van der Waals surface area contributed by atoms with E-state index in [0.717, 1.165) is 71.8 Å². The maximum absolute atomic E-state index is 5.38. The molecule has 0 saturated heterocycles. The number of aromatic nitrogens is 6. The third-order valence-corrected chi connectivity index (χ3v) is 9.41. The highest BCUT2D eigenvalue weighted by Crippen LogP contribution is 2.38. The van der Waals surface area contributed by atoms with Crippen molar-refractivity contribution >= 4 is 43.6 Å². The minimum Gasteiger partial charge on any atom is -0.316 e. The van der Waals surface area contributed by atoms with Gasteiger partial charge < -0.3 is 4.57 Å². The molecule has 0 unspecified atom stereocenters. The van der Waals surface area contributed by atoms with Crippen LogP contribution in [0.4, 0.5) is 0 Å². The molecule has 10 rings (SSSR count). The molecule has 50 heavy (non-hydrogen) atoms. The molecule has 0 radical (unpaired) electrons. The molecule has 4 aromatic heterocycles. The van der Waals surface area contributed by atoms with Crippen LogP contribution in [-0.4, -0.2) is 29.1 Å². The van der Waals surface area contributed by atoms with E-state index in [9.17, 15) is 0 Å². The molecule has 0 aliphatic heterocycles. The average molecular weight is 641 g/mol. The Hall–Kier alpha value is -6.92. The highest BCUT2D eigenvalue weighted by atomic mass is 15.2. The largest absolute Gasteiger partial charge is 0.316 e. The van der Waals surface area contributed by atoms with Gasteiger partial charge in [-0.2, -0.15) is 0 Å². The van der Waals surface area contributed by atoms with E-state index >= 15 is 0 Å². The molecule has 0 atom stereocenters. The highest BCUT2D eigenvalue weighted by Gasteiger charge is 2.21. The Labute approximate surface area is 287 Å². The van der Waals surface area contributed by atoms with Crippen LogP contribution in [0.1, 0.15) is 0 Å². The number of hydrogen-bond donors (Lipinski definition) is 0. The second-order valence-electron chi connectivity index (χ2n) is 12.4. The highest BCUT2D eigenvalue weighted by molar-refractivity contribution is 6.18. The number of rotatable bonds is 5. The zero-order chi connectivity index (χ0) is 33.0. The van der Waals surface area contributed by atoms with Crippen molar-refractivity contribution in [2.24, 2.45) is 0 Å². The van der Waals surface area contributed by atoms with Crippen molar-refractivity contribution in [1.82, 2.24) is 29.1 Å². The number of nitrogens with zero attached hydrogens (tertiary/aromatic N) is 6. The molecule has 0 saturated carbocycles. The van der Waals surface area contributed by atoms with Gasteiger partial charge in [-0.05, 0) is 42.5 Å². The molecule has 0 N–H and O–H groups in total. The van der Waals surface area contributed by atoms with Crippen LogP contribution in [0.25, 0.3) is 89.3 Å². The molecule has 6 aromatic carbocycles. The van der Waals surface area contributed by atoms with Gasteiger partial charge in [-0.15, -0.1) is 0 Å². The summed E-state index contributed by atoms with van der Waals surface area (Å²) in [5, 5.41) is 4.30. The van der Waals surface area contributed by atoms with Crippen molar-refractivity contribution in [2.75, 3.05) is 0 Å². The summed E-state index contributed by atoms with van der Waals surface area (Å²) in [7, 11) is 0. The third kappa shape index (κ3) is 4.50. The summed E-state index contributed by atoms with van der Waals surface area (Å²) in [5.41, 5.74) is 9.51. The monoisotopic (exact) mass is 640 g/mol. The number of benzene rings is 6. The lowest BCUT2D eigenvalue weighted by molar-refractivity contribution is 1.01. The van der Waals surface area contributed by atoms with Gasteiger partial charge in [-0.3, -0.25) is 4.57 Å². The van der Waals surface area contributed by atoms with Gasteiger partial charge in [0.05, 0.1) is 33.5 Å². The Morgan fingerprint density at radius 3 is 1.76 bits per heavy atom. The Kier molecular flexibility index (Phi) is 6.39. The first-order chi connectivity index (χ1) is 24.8. The van der Waals surface area contributed by atoms with Crippen LogP contribution in [0.5, 0.6) is 0 Å². The van der Waals surface area contributed by atoms with E-state index in [2.05, 4.69) is 118 Å². The van der Waals surface area contributed by atoms with Crippen LogP contribution in [-0.2, 0) is 0 Å². The van der Waals surface area contributed by atoms with Crippen molar-refractivity contribution in [1.29, 1.82) is 0 Å². The Morgan fingerprint density at radius 2 is 1.04 bits per heavy atom. The smallest absolute Gasteiger partial charge is 0.235 e. The minimum atomic E-state index is 0.547. The van der Waals surface area contributed by atoms with Crippen LogP contribution in [0.3, 0.4) is 0 Å². The number of para-hydroxylation sites is 3. The quantitative estimate of drug-likeness (QED) is 0.188. The number of hydrogen-bond acceptors (Lipinski definition) is 4. The molecular weight excluding hydrogens is 613 g/mol. The summed E-state index contributed by atoms with van der Waals surface area (Å²) in [4.78, 5) is 20.9. The Bertz CT molecular complexity index is 2800. The molecule has 10 aromatic rings. The molecule has 4 heterocycles. The van der Waals surface area contributed by atoms with Crippen LogP contribution < -0.4 is 0 Å². The van der Waals surface area contributed by atoms with Crippen LogP contribution in [0.15, 0.2) is 170 Å². The molecule has 0 amide bonds. The molecule has 0 spiro atoms. The fraction of sp³-hybridized carbons (Fsp3) is 0. The predicted molar refractivity (Wildman–Crippen MR) is 203 cm³/mol. The first kappa shape index (κ1) is 28.1. The first-order valence-electron chi connectivity index (χ1n) is 16.7. The normalized spacial score (nSPS) is 11.6. The van der Waals surface area contributed by atoms with E-state index in [1.807, 2.05) is 60.7 Å². The van der Waals surface area contributed by atoms with Gasteiger partial charge in [0, 0.05) is 44.6 Å². The zero-order valence-corrected chi connectivity index (χ0v) is 26.8. The SMILES string of the molecule is c1ccc(-c2cc(-c3ccccc3)nc(-c3nc(-n4c5ccccc5c5ccc6c(ccn6-c6ccccc6)c54)nc4ccccc34)n2)cc1. The molecule has 0 fully saturated rings. The summed E-state index contributed by atoms with van der Waals surface area (Å²) >= 11 is 0. The molecule has 6 heteroatoms. The summed E-state index contributed by atoms with van der Waals surface area (Å²) in [6.45, 7) is 0. The molecule has 234 valence electrons. The van der Waals surface area contributed by atoms with Crippen molar-refractivity contribution in [3.63, 3.8) is 0 Å². The predicted octanol–water partition coefficient (Wildman–Crippen LogP) is 10.5. The van der Waals surface area contributed by atoms with E-state index in [1.165, 1.54) is 0 Å². The van der Waals surface area contributed by atoms with Gasteiger partial charge >= 0.3 is 0 Å². The maximum Gasteiger partial charge on any atom is 0.235 e. The first-order valence-corrected chi connectivity index (χ1v) is 16.7. The standard InChI is InChI=1S/C44H28N6/c1-4-14-29(15-5-1)37-28-38(30-16-6-2-7-17-30)46-43(45-37)41-34-21-10-12-22-36(34)47-44(48-41)50-40-23-13-11-20-32(40)33-24-25-39-35(42(33)50)26-27-49(39)31-18-8-3-9-19-31/h1-28H. The number of fused-ring (bicyclic) bond motifs is 6. The van der Waals surface area contributed by atoms with Gasteiger partial charge in [-0.1, -0.05) is 121 Å². The summed E-state index contributed by atoms with van der Waals surface area (Å²) in [6.07, 6.45) is 2.14.